The number of hydrogen-bond donors (Lipinski definition) is 0. The second kappa shape index (κ2) is 8.14. The van der Waals surface area contributed by atoms with Crippen molar-refractivity contribution in [1.82, 2.24) is 19.4 Å². The summed E-state index contributed by atoms with van der Waals surface area (Å²) in [6, 6.07) is 2.99. The van der Waals surface area contributed by atoms with Crippen molar-refractivity contribution in [3.8, 4) is 0 Å². The van der Waals surface area contributed by atoms with Crippen LogP contribution in [0.4, 0.5) is 4.79 Å². The number of amides is 2. The average molecular weight is 413 g/mol. The van der Waals surface area contributed by atoms with Gasteiger partial charge in [-0.05, 0) is 19.1 Å². The molecule has 8 nitrogen and oxygen atoms in total. The molecule has 10 heteroatoms. The van der Waals surface area contributed by atoms with Crippen molar-refractivity contribution in [3.05, 3.63) is 38.9 Å². The number of aromatic nitrogens is 2. The van der Waals surface area contributed by atoms with Gasteiger partial charge in [0.25, 0.3) is 5.56 Å². The molecule has 1 fully saturated rings. The van der Waals surface area contributed by atoms with Gasteiger partial charge in [-0.3, -0.25) is 14.2 Å². The van der Waals surface area contributed by atoms with E-state index in [0.29, 0.717) is 43.3 Å². The largest absolute Gasteiger partial charge is 0.450 e. The van der Waals surface area contributed by atoms with E-state index >= 15 is 0 Å². The lowest BCUT2D eigenvalue weighted by Crippen LogP contribution is -2.51. The van der Waals surface area contributed by atoms with Gasteiger partial charge in [0.1, 0.15) is 6.54 Å². The van der Waals surface area contributed by atoms with Crippen LogP contribution in [0.15, 0.2) is 23.3 Å². The van der Waals surface area contributed by atoms with Gasteiger partial charge in [0.2, 0.25) is 5.91 Å². The summed E-state index contributed by atoms with van der Waals surface area (Å²) in [4.78, 5) is 44.2. The van der Waals surface area contributed by atoms with E-state index in [2.05, 4.69) is 4.98 Å². The first-order valence-electron chi connectivity index (χ1n) is 8.44. The van der Waals surface area contributed by atoms with Gasteiger partial charge in [-0.2, -0.15) is 0 Å². The van der Waals surface area contributed by atoms with E-state index in [1.807, 2.05) is 0 Å². The summed E-state index contributed by atoms with van der Waals surface area (Å²) in [5, 5.41) is 0.864. The number of rotatable bonds is 3. The van der Waals surface area contributed by atoms with Crippen LogP contribution >= 0.6 is 23.2 Å². The summed E-state index contributed by atoms with van der Waals surface area (Å²) in [6.45, 7) is 3.44. The smallest absolute Gasteiger partial charge is 0.409 e. The van der Waals surface area contributed by atoms with Gasteiger partial charge in [0.15, 0.2) is 0 Å². The Morgan fingerprint density at radius 3 is 2.48 bits per heavy atom. The highest BCUT2D eigenvalue weighted by Gasteiger charge is 2.25. The van der Waals surface area contributed by atoms with Crippen molar-refractivity contribution >= 4 is 46.1 Å². The van der Waals surface area contributed by atoms with E-state index < -0.39 is 0 Å². The van der Waals surface area contributed by atoms with Crippen LogP contribution in [0, 0.1) is 0 Å². The van der Waals surface area contributed by atoms with Crippen molar-refractivity contribution in [2.24, 2.45) is 0 Å². The standard InChI is InChI=1S/C17H18Cl2N4O4/c1-2-27-17(26)22-5-3-21(4-6-22)14(24)9-23-10-20-15-12(16(23)25)7-11(18)8-13(15)19/h7-8,10H,2-6,9H2,1H3. The fraction of sp³-hybridized carbons (Fsp3) is 0.412. The molecule has 1 aliphatic heterocycles. The van der Waals surface area contributed by atoms with Crippen LogP contribution in [-0.2, 0) is 16.1 Å². The summed E-state index contributed by atoms with van der Waals surface area (Å²) in [7, 11) is 0. The third-order valence-electron chi connectivity index (χ3n) is 4.31. The Balaban J connectivity index is 1.71. The van der Waals surface area contributed by atoms with E-state index in [0.717, 1.165) is 0 Å². The van der Waals surface area contributed by atoms with Crippen molar-refractivity contribution < 1.29 is 14.3 Å². The summed E-state index contributed by atoms with van der Waals surface area (Å²) in [6.07, 6.45) is 0.922. The highest BCUT2D eigenvalue weighted by Crippen LogP contribution is 2.23. The van der Waals surface area contributed by atoms with E-state index in [1.165, 1.54) is 23.0 Å². The molecule has 3 rings (SSSR count). The second-order valence-electron chi connectivity index (χ2n) is 6.03. The van der Waals surface area contributed by atoms with Gasteiger partial charge in [0, 0.05) is 31.2 Å². The Hall–Kier alpha value is -2.32. The van der Waals surface area contributed by atoms with Gasteiger partial charge in [-0.25, -0.2) is 9.78 Å². The topological polar surface area (TPSA) is 84.7 Å². The molecule has 0 atom stereocenters. The lowest BCUT2D eigenvalue weighted by atomic mass is 10.2. The summed E-state index contributed by atoms with van der Waals surface area (Å²) >= 11 is 12.0. The molecule has 2 amide bonds. The van der Waals surface area contributed by atoms with Crippen LogP contribution in [0.25, 0.3) is 10.9 Å². The first kappa shape index (κ1) is 19.4. The summed E-state index contributed by atoms with van der Waals surface area (Å²) in [5.74, 6) is -0.227. The molecule has 1 saturated heterocycles. The van der Waals surface area contributed by atoms with E-state index in [9.17, 15) is 14.4 Å². The van der Waals surface area contributed by atoms with Crippen LogP contribution in [-0.4, -0.2) is 64.1 Å². The molecule has 1 aliphatic rings. The molecule has 0 unspecified atom stereocenters. The Kier molecular flexibility index (Phi) is 5.86. The van der Waals surface area contributed by atoms with Crippen LogP contribution in [0.5, 0.6) is 0 Å². The third-order valence-corrected chi connectivity index (χ3v) is 4.82. The molecule has 0 aliphatic carbocycles. The fourth-order valence-electron chi connectivity index (χ4n) is 2.91. The highest BCUT2D eigenvalue weighted by molar-refractivity contribution is 6.38. The molecule has 1 aromatic heterocycles. The Labute approximate surface area is 165 Å². The Morgan fingerprint density at radius 1 is 1.15 bits per heavy atom. The van der Waals surface area contributed by atoms with Crippen molar-refractivity contribution in [2.75, 3.05) is 32.8 Å². The monoisotopic (exact) mass is 412 g/mol. The summed E-state index contributed by atoms with van der Waals surface area (Å²) < 4.78 is 6.19. The van der Waals surface area contributed by atoms with E-state index in [1.54, 1.807) is 16.7 Å². The molecule has 1 aromatic carbocycles. The number of ether oxygens (including phenoxy) is 1. The molecule has 27 heavy (non-hydrogen) atoms. The molecule has 0 saturated carbocycles. The predicted octanol–water partition coefficient (Wildman–Crippen LogP) is 2.00. The number of benzene rings is 1. The number of nitrogens with zero attached hydrogens (tertiary/aromatic N) is 4. The molecule has 2 heterocycles. The van der Waals surface area contributed by atoms with Crippen molar-refractivity contribution in [1.29, 1.82) is 0 Å². The van der Waals surface area contributed by atoms with Gasteiger partial charge >= 0.3 is 6.09 Å². The molecular formula is C17H18Cl2N4O4. The van der Waals surface area contributed by atoms with Crippen LogP contribution in [0.2, 0.25) is 10.0 Å². The van der Waals surface area contributed by atoms with Crippen LogP contribution in [0.3, 0.4) is 0 Å². The predicted molar refractivity (Wildman–Crippen MR) is 101 cm³/mol. The van der Waals surface area contributed by atoms with Gasteiger partial charge in [-0.15, -0.1) is 0 Å². The van der Waals surface area contributed by atoms with Crippen LogP contribution < -0.4 is 5.56 Å². The molecular weight excluding hydrogens is 395 g/mol. The Bertz CT molecular complexity index is 938. The number of carbonyl (C=O) groups is 2. The second-order valence-corrected chi connectivity index (χ2v) is 6.87. The van der Waals surface area contributed by atoms with Crippen LogP contribution in [0.1, 0.15) is 6.92 Å². The zero-order valence-corrected chi connectivity index (χ0v) is 16.2. The number of fused-ring (bicyclic) bond motifs is 1. The lowest BCUT2D eigenvalue weighted by Gasteiger charge is -2.34. The van der Waals surface area contributed by atoms with Crippen molar-refractivity contribution in [3.63, 3.8) is 0 Å². The first-order valence-corrected chi connectivity index (χ1v) is 9.20. The lowest BCUT2D eigenvalue weighted by molar-refractivity contribution is -0.133. The maximum atomic E-state index is 12.6. The van der Waals surface area contributed by atoms with Crippen molar-refractivity contribution in [2.45, 2.75) is 13.5 Å². The molecule has 0 N–H and O–H groups in total. The highest BCUT2D eigenvalue weighted by atomic mass is 35.5. The third kappa shape index (κ3) is 4.17. The number of halogens is 2. The number of carbonyl (C=O) groups excluding carboxylic acids is 2. The zero-order valence-electron chi connectivity index (χ0n) is 14.7. The first-order chi connectivity index (χ1) is 12.9. The Morgan fingerprint density at radius 2 is 1.81 bits per heavy atom. The van der Waals surface area contributed by atoms with Gasteiger partial charge in [0.05, 0.1) is 28.9 Å². The minimum absolute atomic E-state index is 0.148. The van der Waals surface area contributed by atoms with Gasteiger partial charge < -0.3 is 14.5 Å². The molecule has 144 valence electrons. The normalized spacial score (nSPS) is 14.5. The average Bonchev–Trinajstić information content (AvgIpc) is 2.64. The molecule has 0 spiro atoms. The van der Waals surface area contributed by atoms with Gasteiger partial charge in [-0.1, -0.05) is 23.2 Å². The zero-order chi connectivity index (χ0) is 19.6. The molecule has 0 bridgehead atoms. The maximum Gasteiger partial charge on any atom is 0.409 e. The summed E-state index contributed by atoms with van der Waals surface area (Å²) in [5.41, 5.74) is -0.0410. The fourth-order valence-corrected chi connectivity index (χ4v) is 3.45. The molecule has 0 radical (unpaired) electrons. The SMILES string of the molecule is CCOC(=O)N1CCN(C(=O)Cn2cnc3c(Cl)cc(Cl)cc3c2=O)CC1. The van der Waals surface area contributed by atoms with E-state index in [4.69, 9.17) is 27.9 Å². The minimum atomic E-state index is -0.386. The minimum Gasteiger partial charge on any atom is -0.450 e. The van der Waals surface area contributed by atoms with E-state index in [-0.39, 0.29) is 34.5 Å². The molecule has 2 aromatic rings. The maximum absolute atomic E-state index is 12.6. The number of hydrogen-bond acceptors (Lipinski definition) is 5. The quantitative estimate of drug-likeness (QED) is 0.769. The number of piperazine rings is 1.